The van der Waals surface area contributed by atoms with Crippen LogP contribution in [0.2, 0.25) is 0 Å². The topological polar surface area (TPSA) is 131 Å². The van der Waals surface area contributed by atoms with Gasteiger partial charge in [0.15, 0.2) is 5.78 Å². The average molecular weight is 627 g/mol. The molecule has 9 heteroatoms. The minimum absolute atomic E-state index is 0.0450. The first-order chi connectivity index (χ1) is 21.6. The number of nitrogens with zero attached hydrogens (tertiary/aromatic N) is 2. The van der Waals surface area contributed by atoms with Crippen molar-refractivity contribution in [2.45, 2.75) is 60.8 Å². The Hall–Kier alpha value is -3.66. The second-order valence-corrected chi connectivity index (χ2v) is 10.4. The number of aliphatic imine (C=N–C) groups is 1. The van der Waals surface area contributed by atoms with Crippen molar-refractivity contribution in [3.8, 4) is 0 Å². The summed E-state index contributed by atoms with van der Waals surface area (Å²) in [6, 6.07) is 15.5. The molecule has 0 spiro atoms. The highest BCUT2D eigenvalue weighted by Crippen LogP contribution is 2.09. The smallest absolute Gasteiger partial charge is 0.251 e. The molecule has 4 N–H and O–H groups in total. The number of ketones is 1. The van der Waals surface area contributed by atoms with Gasteiger partial charge in [0.2, 0.25) is 0 Å². The Morgan fingerprint density at radius 1 is 0.956 bits per heavy atom. The molecule has 1 amide bonds. The van der Waals surface area contributed by atoms with Gasteiger partial charge in [0, 0.05) is 45.0 Å². The number of hydrogen-bond acceptors (Lipinski definition) is 8. The van der Waals surface area contributed by atoms with Crippen LogP contribution in [0.3, 0.4) is 0 Å². The molecule has 0 fully saturated rings. The van der Waals surface area contributed by atoms with Gasteiger partial charge in [-0.25, -0.2) is 0 Å². The summed E-state index contributed by atoms with van der Waals surface area (Å²) in [5, 5.41) is 23.9. The van der Waals surface area contributed by atoms with E-state index in [1.807, 2.05) is 11.9 Å². The van der Waals surface area contributed by atoms with Crippen molar-refractivity contribution < 1.29 is 24.6 Å². The lowest BCUT2D eigenvalue weighted by Gasteiger charge is -2.19. The summed E-state index contributed by atoms with van der Waals surface area (Å²) in [4.78, 5) is 38.2. The number of aliphatic hydroxyl groups is 2. The molecule has 2 rings (SSSR count). The molecule has 2 aromatic carbocycles. The van der Waals surface area contributed by atoms with Crippen molar-refractivity contribution in [3.05, 3.63) is 77.4 Å². The first kappa shape index (κ1) is 43.5. The Kier molecular flexibility index (Phi) is 28.1. The van der Waals surface area contributed by atoms with E-state index in [1.165, 1.54) is 37.6 Å². The Morgan fingerprint density at radius 3 is 1.96 bits per heavy atom. The zero-order valence-electron chi connectivity index (χ0n) is 28.8. The predicted molar refractivity (Wildman–Crippen MR) is 189 cm³/mol. The van der Waals surface area contributed by atoms with Crippen LogP contribution in [0.15, 0.2) is 65.7 Å². The van der Waals surface area contributed by atoms with E-state index in [-0.39, 0.29) is 24.9 Å². The number of aldehydes is 1. The Bertz CT molecular complexity index is 1090. The third-order valence-electron chi connectivity index (χ3n) is 6.37. The largest absolute Gasteiger partial charge is 0.395 e. The molecule has 0 bridgehead atoms. The zero-order chi connectivity index (χ0) is 34.5. The number of benzene rings is 2. The van der Waals surface area contributed by atoms with Crippen molar-refractivity contribution in [2.75, 3.05) is 58.8 Å². The molecular weight excluding hydrogens is 568 g/mol. The molecule has 0 aliphatic carbocycles. The maximum atomic E-state index is 12.2. The van der Waals surface area contributed by atoms with Gasteiger partial charge in [-0.05, 0) is 86.7 Å². The van der Waals surface area contributed by atoms with Crippen molar-refractivity contribution in [1.82, 2.24) is 10.2 Å². The molecule has 0 aliphatic heterocycles. The number of nitrogens with one attached hydrogen (secondary N) is 2. The molecule has 0 heterocycles. The average Bonchev–Trinajstić information content (AvgIpc) is 3.04. The van der Waals surface area contributed by atoms with E-state index in [1.54, 1.807) is 37.4 Å². The van der Waals surface area contributed by atoms with Crippen LogP contribution in [0.4, 0.5) is 5.69 Å². The summed E-state index contributed by atoms with van der Waals surface area (Å²) in [6.07, 6.45) is 7.00. The summed E-state index contributed by atoms with van der Waals surface area (Å²) in [5.41, 5.74) is 4.62. The number of carbonyl (C=O) groups excluding carboxylic acids is 3. The van der Waals surface area contributed by atoms with Crippen LogP contribution < -0.4 is 10.6 Å². The van der Waals surface area contributed by atoms with Gasteiger partial charge in [0.05, 0.1) is 18.9 Å². The van der Waals surface area contributed by atoms with Crippen LogP contribution >= 0.6 is 0 Å². The molecule has 0 atom stereocenters. The molecule has 9 nitrogen and oxygen atoms in total. The van der Waals surface area contributed by atoms with Gasteiger partial charge in [-0.15, -0.1) is 0 Å². The number of anilines is 1. The minimum Gasteiger partial charge on any atom is -0.395 e. The molecule has 0 saturated heterocycles. The van der Waals surface area contributed by atoms with Crippen molar-refractivity contribution in [1.29, 1.82) is 0 Å². The molecule has 252 valence electrons. The highest BCUT2D eigenvalue weighted by Gasteiger charge is 2.08. The summed E-state index contributed by atoms with van der Waals surface area (Å²) >= 11 is 0. The van der Waals surface area contributed by atoms with Gasteiger partial charge in [-0.1, -0.05) is 58.4 Å². The summed E-state index contributed by atoms with van der Waals surface area (Å²) < 4.78 is 0. The quantitative estimate of drug-likeness (QED) is 0.0924. The van der Waals surface area contributed by atoms with Gasteiger partial charge < -0.3 is 25.6 Å². The van der Waals surface area contributed by atoms with Gasteiger partial charge >= 0.3 is 0 Å². The van der Waals surface area contributed by atoms with Crippen LogP contribution in [-0.2, 0) is 16.0 Å². The molecule has 0 radical (unpaired) electrons. The number of rotatable bonds is 15. The number of aryl methyl sites for hydroxylation is 1. The molecule has 0 saturated carbocycles. The van der Waals surface area contributed by atoms with E-state index in [4.69, 9.17) is 15.0 Å². The molecular formula is C36H58N4O5. The third-order valence-corrected chi connectivity index (χ3v) is 6.37. The fourth-order valence-electron chi connectivity index (χ4n) is 3.46. The Labute approximate surface area is 271 Å². The van der Waals surface area contributed by atoms with Gasteiger partial charge in [-0.2, -0.15) is 0 Å². The highest BCUT2D eigenvalue weighted by molar-refractivity contribution is 6.11. The molecule has 45 heavy (non-hydrogen) atoms. The van der Waals surface area contributed by atoms with E-state index in [9.17, 15) is 9.59 Å². The Morgan fingerprint density at radius 2 is 1.51 bits per heavy atom. The minimum atomic E-state index is -0.160. The van der Waals surface area contributed by atoms with E-state index < -0.39 is 0 Å². The standard InChI is InChI=1S/C20H29N3O4.C9H13N.C5H12.C2H4O/c1-16(26)4-9-19(21-2)17-5-7-18(8-6-17)20(27)22-10-3-11-23(12-14-24)13-15-25;1-3-8-5-4-6-9(7-8)10-2;1-4-5(2)3;1-2-3/h4-9,24-25H,3,10-15H2,1-2H3,(H,22,27);4-7,10H,3H2,1-2H3;5H,4H2,1-3H3;2H,1H3/b9-4-,21-19?;;;. The maximum absolute atomic E-state index is 12.2. The second-order valence-electron chi connectivity index (χ2n) is 10.4. The lowest BCUT2D eigenvalue weighted by atomic mass is 10.1. The van der Waals surface area contributed by atoms with Crippen LogP contribution in [0, 0.1) is 5.92 Å². The lowest BCUT2D eigenvalue weighted by Crippen LogP contribution is -2.33. The van der Waals surface area contributed by atoms with Crippen molar-refractivity contribution in [3.63, 3.8) is 0 Å². The highest BCUT2D eigenvalue weighted by atomic mass is 16.3. The maximum Gasteiger partial charge on any atom is 0.251 e. The SMILES string of the molecule is CC=O.CCC(C)C.CCc1cccc(NC)c1.CN=C(/C=C\C(C)=O)c1ccc(C(=O)NCCCN(CCO)CCO)cc1. The van der Waals surface area contributed by atoms with Gasteiger partial charge in [0.25, 0.3) is 5.91 Å². The molecule has 0 aliphatic rings. The fourth-order valence-corrected chi connectivity index (χ4v) is 3.46. The van der Waals surface area contributed by atoms with Crippen LogP contribution in [0.1, 0.15) is 75.9 Å². The van der Waals surface area contributed by atoms with Crippen molar-refractivity contribution >= 4 is 29.4 Å². The predicted octanol–water partition coefficient (Wildman–Crippen LogP) is 5.21. The van der Waals surface area contributed by atoms with E-state index in [2.05, 4.69) is 67.6 Å². The first-order valence-electron chi connectivity index (χ1n) is 15.7. The first-order valence-corrected chi connectivity index (χ1v) is 15.7. The van der Waals surface area contributed by atoms with Crippen LogP contribution in [0.25, 0.3) is 0 Å². The normalized spacial score (nSPS) is 10.6. The van der Waals surface area contributed by atoms with E-state index in [0.717, 1.165) is 30.6 Å². The number of carbonyl (C=O) groups is 3. The summed E-state index contributed by atoms with van der Waals surface area (Å²) in [5.74, 6) is 0.672. The number of allylic oxidation sites excluding steroid dienone is 2. The van der Waals surface area contributed by atoms with E-state index >= 15 is 0 Å². The van der Waals surface area contributed by atoms with Gasteiger partial charge in [0.1, 0.15) is 6.29 Å². The Balaban J connectivity index is 0. The number of amides is 1. The van der Waals surface area contributed by atoms with Crippen LogP contribution in [0.5, 0.6) is 0 Å². The van der Waals surface area contributed by atoms with Crippen molar-refractivity contribution in [2.24, 2.45) is 10.9 Å². The summed E-state index contributed by atoms with van der Waals surface area (Å²) in [6.45, 7) is 14.0. The lowest BCUT2D eigenvalue weighted by molar-refractivity contribution is -0.112. The van der Waals surface area contributed by atoms with Gasteiger partial charge in [-0.3, -0.25) is 19.5 Å². The monoisotopic (exact) mass is 626 g/mol. The molecule has 2 aromatic rings. The zero-order valence-corrected chi connectivity index (χ0v) is 28.8. The second kappa shape index (κ2) is 29.1. The van der Waals surface area contributed by atoms with Crippen LogP contribution in [-0.4, -0.2) is 92.3 Å². The third kappa shape index (κ3) is 23.4. The molecule has 0 aromatic heterocycles. The summed E-state index contributed by atoms with van der Waals surface area (Å²) in [7, 11) is 3.59. The number of hydrogen-bond donors (Lipinski definition) is 4. The van der Waals surface area contributed by atoms with E-state index in [0.29, 0.717) is 37.5 Å². The number of aliphatic hydroxyl groups excluding tert-OH is 2. The fraction of sp³-hybridized carbons (Fsp3) is 0.500. The molecule has 0 unspecified atom stereocenters.